The van der Waals surface area contributed by atoms with Crippen LogP contribution in [-0.4, -0.2) is 34.8 Å². The van der Waals surface area contributed by atoms with Gasteiger partial charge in [0, 0.05) is 71.6 Å². The van der Waals surface area contributed by atoms with Crippen molar-refractivity contribution in [2.45, 2.75) is 88.5 Å². The molecule has 0 N–H and O–H groups in total. The van der Waals surface area contributed by atoms with Crippen molar-refractivity contribution in [3.63, 3.8) is 0 Å². The van der Waals surface area contributed by atoms with Crippen LogP contribution < -0.4 is 4.90 Å². The first-order chi connectivity index (χ1) is 39.2. The van der Waals surface area contributed by atoms with Crippen LogP contribution in [0.5, 0.6) is 0 Å². The summed E-state index contributed by atoms with van der Waals surface area (Å²) in [5.41, 5.74) is 3.25. The quantitative estimate of drug-likeness (QED) is 0.117. The summed E-state index contributed by atoms with van der Waals surface area (Å²) in [5.74, 6) is -11.7. The van der Waals surface area contributed by atoms with E-state index in [2.05, 4.69) is 0 Å². The number of allylic oxidation sites excluding steroid dienone is 9. The molecular weight excluding hydrogens is 1060 g/mol. The molecule has 82 heavy (non-hydrogen) atoms. The summed E-state index contributed by atoms with van der Waals surface area (Å²) in [4.78, 5) is 1.75. The van der Waals surface area contributed by atoms with Crippen molar-refractivity contribution in [2.75, 3.05) is 4.90 Å². The first-order valence-electron chi connectivity index (χ1n) is 27.6. The van der Waals surface area contributed by atoms with Gasteiger partial charge in [-0.25, -0.2) is 17.6 Å². The van der Waals surface area contributed by atoms with E-state index in [1.54, 1.807) is 114 Å². The maximum Gasteiger partial charge on any atom is 0.398 e. The van der Waals surface area contributed by atoms with Gasteiger partial charge in [-0.15, -0.1) is 0 Å². The van der Waals surface area contributed by atoms with Crippen LogP contribution in [0.25, 0.3) is 60.9 Å². The number of alkyl halides is 10. The third-order valence-electron chi connectivity index (χ3n) is 17.5. The summed E-state index contributed by atoms with van der Waals surface area (Å²) in [6.07, 6.45) is -7.38. The third kappa shape index (κ3) is 8.86. The fraction of sp³-hybridized carbons (Fsp3) is 0.229. The normalized spacial score (nSPS) is 20.1. The molecule has 1 aromatic heterocycles. The minimum atomic E-state index is -5.52. The number of halogens is 10. The van der Waals surface area contributed by atoms with Crippen LogP contribution in [0.1, 0.15) is 79.7 Å². The van der Waals surface area contributed by atoms with Crippen molar-refractivity contribution >= 4 is 44.3 Å². The van der Waals surface area contributed by atoms with Crippen LogP contribution >= 0.6 is 0 Å². The van der Waals surface area contributed by atoms with Crippen molar-refractivity contribution in [1.29, 1.82) is 0 Å². The number of anilines is 1. The zero-order chi connectivity index (χ0) is 57.1. The number of nitrogens with zero attached hydrogens (tertiary/aromatic N) is 2. The molecule has 3 unspecified atom stereocenters. The Labute approximate surface area is 468 Å². The number of aromatic nitrogens is 1. The fourth-order valence-corrected chi connectivity index (χ4v) is 14.0. The van der Waals surface area contributed by atoms with E-state index in [0.29, 0.717) is 70.6 Å². The Morgan fingerprint density at radius 1 is 0.622 bits per heavy atom. The smallest absolute Gasteiger partial charge is 0.336 e. The third-order valence-corrected chi connectivity index (χ3v) is 17.5. The van der Waals surface area contributed by atoms with Gasteiger partial charge in [-0.2, -0.15) is 26.3 Å². The molecule has 12 heteroatoms. The molecule has 5 aliphatic rings. The SMILES string of the molecule is CC(F)(F)C1=CC(CC(/C(=C(/C=C2c3ccccc3-c3ccccc32)CCC(F)(F)F)n2c3ccccc3c3ccccc32)C(C)(F)F)(C(F)(F)F)CC(N2c3ccccc3C3=CC=CCC32)=C1[C@H]1Cc2ccccc2-c2ccccc21. The number of hydrogen-bond donors (Lipinski definition) is 0. The molecule has 2 heterocycles. The molecule has 0 bridgehead atoms. The monoisotopic (exact) mass is 1110 g/mol. The highest BCUT2D eigenvalue weighted by molar-refractivity contribution is 6.10. The zero-order valence-corrected chi connectivity index (χ0v) is 44.7. The van der Waals surface area contributed by atoms with Crippen molar-refractivity contribution in [2.24, 2.45) is 11.3 Å². The van der Waals surface area contributed by atoms with E-state index in [4.69, 9.17) is 0 Å². The number of para-hydroxylation sites is 3. The van der Waals surface area contributed by atoms with E-state index in [0.717, 1.165) is 33.4 Å². The molecule has 4 atom stereocenters. The fourth-order valence-electron chi connectivity index (χ4n) is 14.0. The Morgan fingerprint density at radius 2 is 1.17 bits per heavy atom. The van der Waals surface area contributed by atoms with Crippen molar-refractivity contribution in [3.8, 4) is 22.3 Å². The van der Waals surface area contributed by atoms with Crippen LogP contribution in [0.15, 0.2) is 223 Å². The summed E-state index contributed by atoms with van der Waals surface area (Å²) in [6, 6.07) is 49.1. The number of rotatable bonds is 11. The van der Waals surface area contributed by atoms with Crippen molar-refractivity contribution in [3.05, 3.63) is 250 Å². The average Bonchev–Trinajstić information content (AvgIpc) is 3.03. The molecule has 13 rings (SSSR count). The topological polar surface area (TPSA) is 8.17 Å². The molecule has 0 fully saturated rings. The highest BCUT2D eigenvalue weighted by Gasteiger charge is 2.62. The molecule has 0 amide bonds. The molecular formula is C70H54F10N2. The Morgan fingerprint density at radius 3 is 1.78 bits per heavy atom. The Balaban J connectivity index is 1.12. The maximum atomic E-state index is 18.1. The molecule has 2 nitrogen and oxygen atoms in total. The van der Waals surface area contributed by atoms with Crippen molar-refractivity contribution in [1.82, 2.24) is 4.57 Å². The molecule has 0 radical (unpaired) electrons. The van der Waals surface area contributed by atoms with Gasteiger partial charge in [0.1, 0.15) is 0 Å². The Kier molecular flexibility index (Phi) is 12.7. The van der Waals surface area contributed by atoms with Gasteiger partial charge in [0.2, 0.25) is 0 Å². The molecule has 0 spiro atoms. The standard InChI is InChI=1S/C70H54F10N2/c1-66(71,72)57-39-68(70(78,79)80,41-63(81-59-31-15-11-27-51(59)52-28-12-16-32-60(52)81)64(57)56-37-42-19-3-4-20-44(42)45-21-5-10-26-50(45)56)40-58(67(2,73)74)65(82-61-33-17-13-29-53(61)54-30-14-18-34-62(54)82)43(35-36-69(75,76)77)38-55-48-24-8-6-22-46(48)47-23-7-9-25-49(47)55/h3-31,33-34,38-39,56,58,60H,32,35-37,40-41H2,1-2H3/b65-43-/t56-,58?,60?,68?/m0/s1. The van der Waals surface area contributed by atoms with Gasteiger partial charge in [-0.1, -0.05) is 176 Å². The first-order valence-corrected chi connectivity index (χ1v) is 27.6. The van der Waals surface area contributed by atoms with E-state index < -0.39 is 84.4 Å². The molecule has 7 aromatic carbocycles. The predicted molar refractivity (Wildman–Crippen MR) is 307 cm³/mol. The van der Waals surface area contributed by atoms with Gasteiger partial charge < -0.3 is 9.47 Å². The number of hydrogen-bond acceptors (Lipinski definition) is 1. The van der Waals surface area contributed by atoms with Crippen molar-refractivity contribution < 1.29 is 43.9 Å². The van der Waals surface area contributed by atoms with Gasteiger partial charge in [-0.3, -0.25) is 0 Å². The lowest BCUT2D eigenvalue weighted by Crippen LogP contribution is -2.48. The van der Waals surface area contributed by atoms with Gasteiger partial charge >= 0.3 is 12.4 Å². The van der Waals surface area contributed by atoms with Crippen LogP contribution in [0.3, 0.4) is 0 Å². The van der Waals surface area contributed by atoms with E-state index >= 15 is 43.9 Å². The summed E-state index contributed by atoms with van der Waals surface area (Å²) >= 11 is 0. The number of fused-ring (bicyclic) bond motifs is 12. The minimum Gasteiger partial charge on any atom is -0.336 e. The largest absolute Gasteiger partial charge is 0.398 e. The second kappa shape index (κ2) is 19.5. The number of benzene rings is 7. The minimum absolute atomic E-state index is 0.0212. The summed E-state index contributed by atoms with van der Waals surface area (Å²) in [6.45, 7) is 1.05. The van der Waals surface area contributed by atoms with Crippen LogP contribution in [0.4, 0.5) is 49.6 Å². The summed E-state index contributed by atoms with van der Waals surface area (Å²) < 4.78 is 171. The average molecular weight is 1110 g/mol. The van der Waals surface area contributed by atoms with E-state index in [1.165, 1.54) is 10.6 Å². The van der Waals surface area contributed by atoms with E-state index in [-0.39, 0.29) is 34.3 Å². The lowest BCUT2D eigenvalue weighted by Gasteiger charge is -2.47. The van der Waals surface area contributed by atoms with Crippen LogP contribution in [0.2, 0.25) is 0 Å². The predicted octanol–water partition coefficient (Wildman–Crippen LogP) is 20.1. The molecule has 0 saturated heterocycles. The molecule has 4 aliphatic carbocycles. The maximum absolute atomic E-state index is 18.1. The lowest BCUT2D eigenvalue weighted by atomic mass is 9.63. The molecule has 0 saturated carbocycles. The second-order valence-corrected chi connectivity index (χ2v) is 22.6. The van der Waals surface area contributed by atoms with Crippen LogP contribution in [-0.2, 0) is 6.42 Å². The summed E-state index contributed by atoms with van der Waals surface area (Å²) in [7, 11) is 0. The molecule has 8 aromatic rings. The Hall–Kier alpha value is -8.12. The van der Waals surface area contributed by atoms with Gasteiger partial charge in [0.25, 0.3) is 11.8 Å². The highest BCUT2D eigenvalue weighted by Crippen LogP contribution is 2.63. The second-order valence-electron chi connectivity index (χ2n) is 22.6. The molecule has 414 valence electrons. The lowest BCUT2D eigenvalue weighted by molar-refractivity contribution is -0.216. The van der Waals surface area contributed by atoms with Gasteiger partial charge in [0.15, 0.2) is 0 Å². The summed E-state index contributed by atoms with van der Waals surface area (Å²) in [5, 5.41) is 1.04. The van der Waals surface area contributed by atoms with Crippen LogP contribution in [0, 0.1) is 11.3 Å². The van der Waals surface area contributed by atoms with Gasteiger partial charge in [-0.05, 0) is 117 Å². The van der Waals surface area contributed by atoms with E-state index in [9.17, 15) is 0 Å². The molecule has 1 aliphatic heterocycles. The van der Waals surface area contributed by atoms with Gasteiger partial charge in [0.05, 0.1) is 28.4 Å². The first kappa shape index (κ1) is 53.2. The zero-order valence-electron chi connectivity index (χ0n) is 44.7. The highest BCUT2D eigenvalue weighted by atomic mass is 19.4. The van der Waals surface area contributed by atoms with E-state index in [1.807, 2.05) is 78.9 Å². The Bertz CT molecular complexity index is 3990.